The van der Waals surface area contributed by atoms with Crippen LogP contribution < -0.4 is 0 Å². The summed E-state index contributed by atoms with van der Waals surface area (Å²) in [7, 11) is 0. The maximum atomic E-state index is 13.3. The van der Waals surface area contributed by atoms with Gasteiger partial charge in [-0.05, 0) is 65.8 Å². The lowest BCUT2D eigenvalue weighted by atomic mass is 9.44. The molecule has 4 aliphatic rings. The quantitative estimate of drug-likeness (QED) is 0.186. The predicted molar refractivity (Wildman–Crippen MR) is 101 cm³/mol. The monoisotopic (exact) mass is 770 g/mol. The Morgan fingerprint density at radius 2 is 0.750 bits per heavy atom. The Hall–Kier alpha value is -1.13. The number of halogens is 24. The lowest BCUT2D eigenvalue weighted by molar-refractivity contribution is -0.457. The summed E-state index contributed by atoms with van der Waals surface area (Å²) in [5.41, 5.74) is -2.49. The van der Waals surface area contributed by atoms with Gasteiger partial charge in [-0.2, -0.15) is 101 Å². The van der Waals surface area contributed by atoms with Crippen LogP contribution in [-0.4, -0.2) is 58.9 Å². The summed E-state index contributed by atoms with van der Waals surface area (Å²) in [5.74, 6) is -52.8. The van der Waals surface area contributed by atoms with Crippen molar-refractivity contribution in [2.45, 2.75) is 91.0 Å². The summed E-state index contributed by atoms with van der Waals surface area (Å²) in [5, 5.41) is 0. The molecule has 4 saturated carbocycles. The van der Waals surface area contributed by atoms with Crippen LogP contribution in [0.1, 0.15) is 32.1 Å². The molecule has 0 amide bonds. The number of alkyl halides is 24. The van der Waals surface area contributed by atoms with Gasteiger partial charge in [0, 0.05) is 0 Å². The first kappa shape index (κ1) is 39.1. The summed E-state index contributed by atoms with van der Waals surface area (Å²) in [6, 6.07) is 0. The fourth-order valence-electron chi connectivity index (χ4n) is 6.17. The van der Waals surface area contributed by atoms with Crippen molar-refractivity contribution in [1.29, 1.82) is 0 Å². The van der Waals surface area contributed by atoms with Gasteiger partial charge in [0.2, 0.25) is 0 Å². The third-order valence-corrected chi connectivity index (χ3v) is 8.41. The minimum absolute atomic E-state index is 0.150. The summed E-state index contributed by atoms with van der Waals surface area (Å²) >= 11 is 0.360. The van der Waals surface area contributed by atoms with Gasteiger partial charge in [-0.1, -0.05) is 0 Å². The maximum Gasteiger partial charge on any atom is 0.460 e. The Balaban J connectivity index is 0.000000324. The number of hydrogen-bond donors (Lipinski definition) is 0. The molecule has 4 fully saturated rings. The zero-order chi connectivity index (χ0) is 35.3. The minimum Gasteiger partial charge on any atom is -0.192 e. The van der Waals surface area contributed by atoms with Crippen molar-refractivity contribution in [3.8, 4) is 0 Å². The largest absolute Gasteiger partial charge is 0.460 e. The molecule has 0 aliphatic heterocycles. The Morgan fingerprint density at radius 1 is 0.432 bits per heavy atom. The molecule has 24 heteroatoms. The highest BCUT2D eigenvalue weighted by Gasteiger charge is 2.95. The van der Waals surface area contributed by atoms with E-state index in [9.17, 15) is 101 Å². The zero-order valence-corrected chi connectivity index (χ0v) is 22.0. The van der Waals surface area contributed by atoms with Gasteiger partial charge in [0.05, 0.1) is 11.3 Å². The van der Waals surface area contributed by atoms with Crippen LogP contribution in [0.3, 0.4) is 0 Å². The smallest absolute Gasteiger partial charge is 0.192 e. The van der Waals surface area contributed by atoms with Crippen LogP contribution in [-0.2, 0) is 0 Å². The van der Waals surface area contributed by atoms with Crippen molar-refractivity contribution >= 4 is 15.9 Å². The molecule has 262 valence electrons. The molecule has 4 bridgehead atoms. The van der Waals surface area contributed by atoms with Gasteiger partial charge >= 0.3 is 58.9 Å². The first-order chi connectivity index (χ1) is 18.9. The van der Waals surface area contributed by atoms with E-state index in [4.69, 9.17) is 0 Å². The molecule has 4 aliphatic carbocycles. The Morgan fingerprint density at radius 3 is 1.02 bits per heavy atom. The minimum atomic E-state index is -8.58. The third kappa shape index (κ3) is 5.48. The van der Waals surface area contributed by atoms with Crippen molar-refractivity contribution < 1.29 is 101 Å². The van der Waals surface area contributed by atoms with Crippen molar-refractivity contribution in [1.82, 2.24) is 0 Å². The van der Waals surface area contributed by atoms with Gasteiger partial charge in [0.15, 0.2) is 0 Å². The fourth-order valence-corrected chi connectivity index (χ4v) is 6.42. The molecular weight excluding hydrogens is 757 g/mol. The van der Waals surface area contributed by atoms with Crippen LogP contribution in [0.25, 0.3) is 0 Å². The highest BCUT2D eigenvalue weighted by atomic mass is 79.9. The van der Waals surface area contributed by atoms with E-state index < -0.39 is 76.1 Å². The molecule has 3 atom stereocenters. The Bertz CT molecular complexity index is 982. The molecule has 0 nitrogen and oxygen atoms in total. The lowest BCUT2D eigenvalue weighted by Gasteiger charge is -2.61. The van der Waals surface area contributed by atoms with Crippen molar-refractivity contribution in [3.63, 3.8) is 0 Å². The highest BCUT2D eigenvalue weighted by Crippen LogP contribution is 2.71. The average Bonchev–Trinajstić information content (AvgIpc) is 2.74. The first-order valence-electron chi connectivity index (χ1n) is 11.4. The topological polar surface area (TPSA) is 0 Å². The zero-order valence-electron chi connectivity index (χ0n) is 20.4. The van der Waals surface area contributed by atoms with E-state index >= 15 is 0 Å². The number of rotatable bonds is 6. The average molecular weight is 771 g/mol. The van der Waals surface area contributed by atoms with Gasteiger partial charge in [0.25, 0.3) is 0 Å². The molecular formula is C20H14BrF23. The van der Waals surface area contributed by atoms with E-state index in [1.54, 1.807) is 0 Å². The van der Waals surface area contributed by atoms with Gasteiger partial charge in [0.1, 0.15) is 0 Å². The molecule has 3 unspecified atom stereocenters. The van der Waals surface area contributed by atoms with E-state index in [2.05, 4.69) is 0 Å². The van der Waals surface area contributed by atoms with Gasteiger partial charge in [-0.15, -0.1) is 0 Å². The standard InChI is InChI=1S/C12H14F6.C8BrF17/c13-11(14,15)9-8-2-6-1-7(3-8)5-10(9,4-6)12(16,17)18;9-7(22,23)5(18,19)3(14,15)1(10,11)2(12,13)4(16,17)6(20,21)8(24,25)26/h6-9H,1-5H2;. The SMILES string of the molecule is FC(F)(F)C(F)(F)C(F)(F)C(F)(F)C(F)(F)C(F)(F)C(F)(F)C(F)(F)Br.FC(F)(F)C1C2CC3CC(C2)CC1(C(F)(F)F)C3. The van der Waals surface area contributed by atoms with Crippen LogP contribution in [0.15, 0.2) is 0 Å². The van der Waals surface area contributed by atoms with Crippen LogP contribution in [0, 0.1) is 29.1 Å². The Kier molecular flexibility index (Phi) is 9.26. The second-order valence-corrected chi connectivity index (χ2v) is 11.7. The molecule has 0 aromatic heterocycles. The van der Waals surface area contributed by atoms with Crippen LogP contribution in [0.2, 0.25) is 0 Å². The second kappa shape index (κ2) is 10.4. The van der Waals surface area contributed by atoms with E-state index in [1.165, 1.54) is 0 Å². The summed E-state index contributed by atoms with van der Waals surface area (Å²) in [6.45, 7) is 0. The van der Waals surface area contributed by atoms with E-state index in [0.717, 1.165) is 0 Å². The summed E-state index contributed by atoms with van der Waals surface area (Å²) in [6.07, 6.45) is -16.5. The van der Waals surface area contributed by atoms with Crippen LogP contribution in [0.4, 0.5) is 101 Å². The van der Waals surface area contributed by atoms with Crippen molar-refractivity contribution in [2.24, 2.45) is 29.1 Å². The summed E-state index contributed by atoms with van der Waals surface area (Å²) < 4.78 is 291. The molecule has 0 radical (unpaired) electrons. The molecule has 0 aromatic carbocycles. The molecule has 0 spiro atoms. The van der Waals surface area contributed by atoms with Crippen LogP contribution in [0.5, 0.6) is 0 Å². The van der Waals surface area contributed by atoms with Crippen molar-refractivity contribution in [2.75, 3.05) is 0 Å². The third-order valence-electron chi connectivity index (χ3n) is 7.91. The highest BCUT2D eigenvalue weighted by molar-refractivity contribution is 9.10. The second-order valence-electron chi connectivity index (χ2n) is 10.7. The van der Waals surface area contributed by atoms with Gasteiger partial charge < -0.3 is 0 Å². The molecule has 0 N–H and O–H groups in total. The van der Waals surface area contributed by atoms with Crippen LogP contribution >= 0.6 is 15.9 Å². The predicted octanol–water partition coefficient (Wildman–Crippen LogP) is 10.9. The normalized spacial score (nSPS) is 29.5. The van der Waals surface area contributed by atoms with E-state index in [0.29, 0.717) is 35.2 Å². The molecule has 0 saturated heterocycles. The van der Waals surface area contributed by atoms with Gasteiger partial charge in [-0.3, -0.25) is 0 Å². The lowest BCUT2D eigenvalue weighted by Crippen LogP contribution is -2.74. The maximum absolute atomic E-state index is 13.3. The fraction of sp³-hybridized carbons (Fsp3) is 1.00. The molecule has 0 aromatic rings. The van der Waals surface area contributed by atoms with E-state index in [-0.39, 0.29) is 24.7 Å². The van der Waals surface area contributed by atoms with Gasteiger partial charge in [-0.25, -0.2) is 0 Å². The first-order valence-corrected chi connectivity index (χ1v) is 12.2. The summed E-state index contributed by atoms with van der Waals surface area (Å²) in [4.78, 5) is -6.50. The molecule has 0 heterocycles. The van der Waals surface area contributed by atoms with Crippen molar-refractivity contribution in [3.05, 3.63) is 0 Å². The van der Waals surface area contributed by atoms with E-state index in [1.807, 2.05) is 0 Å². The Labute approximate surface area is 237 Å². The molecule has 4 rings (SSSR count). The number of hydrogen-bond acceptors (Lipinski definition) is 0. The molecule has 44 heavy (non-hydrogen) atoms.